The summed E-state index contributed by atoms with van der Waals surface area (Å²) in [5, 5.41) is 0.978. The topological polar surface area (TPSA) is 115 Å². The van der Waals surface area contributed by atoms with E-state index >= 15 is 0 Å². The molecular weight excluding hydrogens is 424 g/mol. The van der Waals surface area contributed by atoms with E-state index in [0.717, 1.165) is 41.3 Å². The Hall–Kier alpha value is -2.17. The van der Waals surface area contributed by atoms with Gasteiger partial charge in [0.2, 0.25) is 10.0 Å². The molecule has 2 aromatic rings. The standard InChI is InChI=1S/C20H28N4O4S2/c1-4-23-30(26,27)18-11-14(24(2)3)7-10-16(18)17-12-22-19(29-17)13-5-8-15(9-6-13)28-20(21)25/h7,10-13,15,23H,4-6,8-9H2,1-3H3,(H2,21,25). The van der Waals surface area contributed by atoms with Crippen molar-refractivity contribution in [1.82, 2.24) is 9.71 Å². The minimum absolute atomic E-state index is 0.131. The van der Waals surface area contributed by atoms with Crippen LogP contribution >= 0.6 is 11.3 Å². The van der Waals surface area contributed by atoms with Gasteiger partial charge in [0.15, 0.2) is 0 Å². The Bertz CT molecular complexity index is 996. The molecule has 1 saturated carbocycles. The number of primary amides is 1. The Morgan fingerprint density at radius 2 is 2.00 bits per heavy atom. The molecule has 3 N–H and O–H groups in total. The lowest BCUT2D eigenvalue weighted by molar-refractivity contribution is 0.0787. The molecule has 1 aromatic heterocycles. The molecule has 1 heterocycles. The highest BCUT2D eigenvalue weighted by Gasteiger charge is 2.27. The highest BCUT2D eigenvalue weighted by molar-refractivity contribution is 7.89. The van der Waals surface area contributed by atoms with Crippen molar-refractivity contribution in [3.8, 4) is 10.4 Å². The normalized spacial score (nSPS) is 19.4. The van der Waals surface area contributed by atoms with Gasteiger partial charge >= 0.3 is 6.09 Å². The minimum atomic E-state index is -3.64. The van der Waals surface area contributed by atoms with Crippen LogP contribution in [0.25, 0.3) is 10.4 Å². The van der Waals surface area contributed by atoms with Gasteiger partial charge in [0.25, 0.3) is 0 Å². The van der Waals surface area contributed by atoms with E-state index in [2.05, 4.69) is 9.71 Å². The van der Waals surface area contributed by atoms with Crippen molar-refractivity contribution in [2.75, 3.05) is 25.5 Å². The first-order valence-corrected chi connectivity index (χ1v) is 12.2. The van der Waals surface area contributed by atoms with Crippen LogP contribution in [0.1, 0.15) is 43.5 Å². The summed E-state index contributed by atoms with van der Waals surface area (Å²) in [5.74, 6) is 0.270. The minimum Gasteiger partial charge on any atom is -0.446 e. The maximum absolute atomic E-state index is 12.8. The lowest BCUT2D eigenvalue weighted by Gasteiger charge is -2.26. The van der Waals surface area contributed by atoms with Gasteiger partial charge in [-0.15, -0.1) is 11.3 Å². The Kier molecular flexibility index (Phi) is 6.99. The van der Waals surface area contributed by atoms with Crippen LogP contribution in [0, 0.1) is 0 Å². The smallest absolute Gasteiger partial charge is 0.404 e. The van der Waals surface area contributed by atoms with Gasteiger partial charge in [0.05, 0.1) is 14.8 Å². The van der Waals surface area contributed by atoms with Crippen LogP contribution in [0.2, 0.25) is 0 Å². The first-order chi connectivity index (χ1) is 14.2. The van der Waals surface area contributed by atoms with Crippen LogP contribution in [0.15, 0.2) is 29.3 Å². The van der Waals surface area contributed by atoms with Crippen LogP contribution < -0.4 is 15.4 Å². The molecule has 10 heteroatoms. The van der Waals surface area contributed by atoms with Crippen molar-refractivity contribution >= 4 is 33.1 Å². The molecular formula is C20H28N4O4S2. The Morgan fingerprint density at radius 3 is 2.60 bits per heavy atom. The molecule has 0 atom stereocenters. The molecule has 1 aliphatic rings. The number of rotatable bonds is 7. The predicted octanol–water partition coefficient (Wildman–Crippen LogP) is 3.30. The summed E-state index contributed by atoms with van der Waals surface area (Å²) in [6, 6.07) is 5.44. The van der Waals surface area contributed by atoms with Crippen LogP contribution in [-0.4, -0.2) is 46.2 Å². The van der Waals surface area contributed by atoms with E-state index in [-0.39, 0.29) is 16.9 Å². The summed E-state index contributed by atoms with van der Waals surface area (Å²) in [6.45, 7) is 2.08. The third kappa shape index (κ3) is 5.11. The highest BCUT2D eigenvalue weighted by Crippen LogP contribution is 2.40. The van der Waals surface area contributed by atoms with E-state index in [0.29, 0.717) is 12.1 Å². The van der Waals surface area contributed by atoms with E-state index in [1.165, 1.54) is 11.3 Å². The maximum Gasteiger partial charge on any atom is 0.404 e. The van der Waals surface area contributed by atoms with Crippen molar-refractivity contribution in [3.05, 3.63) is 29.4 Å². The van der Waals surface area contributed by atoms with Crippen LogP contribution in [0.4, 0.5) is 10.5 Å². The van der Waals surface area contributed by atoms with E-state index in [4.69, 9.17) is 10.5 Å². The van der Waals surface area contributed by atoms with Crippen molar-refractivity contribution in [3.63, 3.8) is 0 Å². The van der Waals surface area contributed by atoms with Crippen molar-refractivity contribution in [2.24, 2.45) is 5.73 Å². The summed E-state index contributed by atoms with van der Waals surface area (Å²) >= 11 is 1.52. The second kappa shape index (κ2) is 9.32. The maximum atomic E-state index is 12.8. The summed E-state index contributed by atoms with van der Waals surface area (Å²) in [6.07, 6.45) is 4.10. The lowest BCUT2D eigenvalue weighted by Crippen LogP contribution is -2.26. The Labute approximate surface area is 181 Å². The number of nitrogens with one attached hydrogen (secondary N) is 1. The molecule has 1 fully saturated rings. The molecule has 0 spiro atoms. The third-order valence-electron chi connectivity index (χ3n) is 5.20. The van der Waals surface area contributed by atoms with Gasteiger partial charge in [-0.3, -0.25) is 0 Å². The van der Waals surface area contributed by atoms with Gasteiger partial charge in [-0.1, -0.05) is 13.0 Å². The summed E-state index contributed by atoms with van der Waals surface area (Å²) < 4.78 is 33.4. The quantitative estimate of drug-likeness (QED) is 0.666. The molecule has 8 nitrogen and oxygen atoms in total. The van der Waals surface area contributed by atoms with Crippen molar-refractivity contribution in [2.45, 2.75) is 49.5 Å². The van der Waals surface area contributed by atoms with Crippen LogP contribution in [0.5, 0.6) is 0 Å². The fourth-order valence-electron chi connectivity index (χ4n) is 3.68. The first-order valence-electron chi connectivity index (χ1n) is 9.94. The zero-order valence-corrected chi connectivity index (χ0v) is 19.1. The monoisotopic (exact) mass is 452 g/mol. The Balaban J connectivity index is 1.87. The number of nitrogens with zero attached hydrogens (tertiary/aromatic N) is 2. The van der Waals surface area contributed by atoms with E-state index in [1.54, 1.807) is 19.2 Å². The van der Waals surface area contributed by atoms with Crippen LogP contribution in [-0.2, 0) is 14.8 Å². The van der Waals surface area contributed by atoms with Gasteiger partial charge in [-0.2, -0.15) is 0 Å². The lowest BCUT2D eigenvalue weighted by atomic mass is 9.88. The summed E-state index contributed by atoms with van der Waals surface area (Å²) in [4.78, 5) is 18.5. The van der Waals surface area contributed by atoms with Crippen molar-refractivity contribution in [1.29, 1.82) is 0 Å². The molecule has 0 radical (unpaired) electrons. The van der Waals surface area contributed by atoms with Gasteiger partial charge < -0.3 is 15.4 Å². The molecule has 1 aliphatic carbocycles. The molecule has 3 rings (SSSR count). The third-order valence-corrected chi connectivity index (χ3v) is 7.98. The summed E-state index contributed by atoms with van der Waals surface area (Å²) in [5.41, 5.74) is 6.57. The average molecular weight is 453 g/mol. The molecule has 0 saturated heterocycles. The number of ether oxygens (including phenoxy) is 1. The van der Waals surface area contributed by atoms with Gasteiger partial charge in [0.1, 0.15) is 6.10 Å². The molecule has 0 unspecified atom stereocenters. The van der Waals surface area contributed by atoms with E-state index in [9.17, 15) is 13.2 Å². The largest absolute Gasteiger partial charge is 0.446 e. The van der Waals surface area contributed by atoms with Gasteiger partial charge in [-0.25, -0.2) is 22.9 Å². The van der Waals surface area contributed by atoms with E-state index < -0.39 is 16.1 Å². The number of thiazole rings is 1. The average Bonchev–Trinajstić information content (AvgIpc) is 3.17. The summed E-state index contributed by atoms with van der Waals surface area (Å²) in [7, 11) is 0.116. The number of amides is 1. The number of aromatic nitrogens is 1. The molecule has 1 aromatic carbocycles. The number of sulfonamides is 1. The first kappa shape index (κ1) is 22.5. The number of nitrogens with two attached hydrogens (primary N) is 1. The second-order valence-electron chi connectivity index (χ2n) is 7.55. The van der Waals surface area contributed by atoms with E-state index in [1.807, 2.05) is 31.1 Å². The molecule has 1 amide bonds. The molecule has 30 heavy (non-hydrogen) atoms. The number of carbonyl (C=O) groups excluding carboxylic acids is 1. The SMILES string of the molecule is CCNS(=O)(=O)c1cc(N(C)C)ccc1-c1cnc(C2CCC(OC(N)=O)CC2)s1. The van der Waals surface area contributed by atoms with Crippen LogP contribution in [0.3, 0.4) is 0 Å². The molecule has 164 valence electrons. The second-order valence-corrected chi connectivity index (χ2v) is 10.3. The predicted molar refractivity (Wildman–Crippen MR) is 118 cm³/mol. The fourth-order valence-corrected chi connectivity index (χ4v) is 6.15. The zero-order chi connectivity index (χ0) is 21.9. The van der Waals surface area contributed by atoms with Gasteiger partial charge in [0, 0.05) is 44.0 Å². The number of hydrogen-bond donors (Lipinski definition) is 2. The number of benzene rings is 1. The molecule has 0 bridgehead atoms. The van der Waals surface area contributed by atoms with Gasteiger partial charge in [-0.05, 0) is 37.8 Å². The van der Waals surface area contributed by atoms with Crippen molar-refractivity contribution < 1.29 is 17.9 Å². The number of carbonyl (C=O) groups is 1. The number of anilines is 1. The highest BCUT2D eigenvalue weighted by atomic mass is 32.2. The number of hydrogen-bond acceptors (Lipinski definition) is 7. The zero-order valence-electron chi connectivity index (χ0n) is 17.4. The Morgan fingerprint density at radius 1 is 1.30 bits per heavy atom. The molecule has 0 aliphatic heterocycles. The fraction of sp³-hybridized carbons (Fsp3) is 0.500.